The molecule has 0 bridgehead atoms. The van der Waals surface area contributed by atoms with Crippen molar-refractivity contribution < 1.29 is 27.8 Å². The largest absolute Gasteiger partial charge is 0.477 e. The van der Waals surface area contributed by atoms with Crippen LogP contribution in [0.2, 0.25) is 0 Å². The molecular formula is C24H17F3N4O3. The van der Waals surface area contributed by atoms with E-state index < -0.39 is 23.4 Å². The number of hydrogen-bond donors (Lipinski definition) is 3. The van der Waals surface area contributed by atoms with Crippen molar-refractivity contribution in [3.63, 3.8) is 0 Å². The van der Waals surface area contributed by atoms with E-state index in [0.717, 1.165) is 18.3 Å². The van der Waals surface area contributed by atoms with Crippen LogP contribution in [0, 0.1) is 17.5 Å². The van der Waals surface area contributed by atoms with E-state index >= 15 is 0 Å². The lowest BCUT2D eigenvalue weighted by molar-refractivity contribution is 0.0697. The Kier molecular flexibility index (Phi) is 6.58. The number of anilines is 3. The number of carboxylic acids is 1. The Balaban J connectivity index is 1.59. The van der Waals surface area contributed by atoms with Gasteiger partial charge >= 0.3 is 5.97 Å². The second kappa shape index (κ2) is 9.90. The average molecular weight is 466 g/mol. The predicted molar refractivity (Wildman–Crippen MR) is 119 cm³/mol. The average Bonchev–Trinajstić information content (AvgIpc) is 2.84. The van der Waals surface area contributed by atoms with Gasteiger partial charge in [0.25, 0.3) is 0 Å². The molecule has 0 aliphatic rings. The van der Waals surface area contributed by atoms with E-state index in [0.29, 0.717) is 17.2 Å². The maximum absolute atomic E-state index is 13.9. The summed E-state index contributed by atoms with van der Waals surface area (Å²) < 4.78 is 46.4. The summed E-state index contributed by atoms with van der Waals surface area (Å²) in [6, 6.07) is 17.8. The van der Waals surface area contributed by atoms with Gasteiger partial charge in [-0.15, -0.1) is 0 Å². The number of carboxylic acid groups (broad SMARTS) is 1. The molecule has 34 heavy (non-hydrogen) atoms. The van der Waals surface area contributed by atoms with E-state index in [4.69, 9.17) is 4.74 Å². The van der Waals surface area contributed by atoms with Crippen molar-refractivity contribution in [3.8, 4) is 11.5 Å². The first kappa shape index (κ1) is 22.6. The van der Waals surface area contributed by atoms with Crippen LogP contribution >= 0.6 is 0 Å². The van der Waals surface area contributed by atoms with Crippen LogP contribution in [0.3, 0.4) is 0 Å². The Bertz CT molecular complexity index is 1340. The van der Waals surface area contributed by atoms with Gasteiger partial charge in [0.05, 0.1) is 5.69 Å². The molecule has 3 aromatic carbocycles. The van der Waals surface area contributed by atoms with Crippen LogP contribution in [-0.4, -0.2) is 21.0 Å². The number of nitrogens with one attached hydrogen (secondary N) is 2. The molecule has 172 valence electrons. The number of para-hydroxylation sites is 3. The van der Waals surface area contributed by atoms with Crippen molar-refractivity contribution >= 4 is 23.4 Å². The van der Waals surface area contributed by atoms with Gasteiger partial charge in [-0.25, -0.2) is 22.9 Å². The molecule has 3 N–H and O–H groups in total. The number of hydrogen-bond acceptors (Lipinski definition) is 6. The molecule has 1 heterocycles. The number of ether oxygens (including phenoxy) is 1. The van der Waals surface area contributed by atoms with Gasteiger partial charge in [-0.3, -0.25) is 0 Å². The molecule has 0 atom stereocenters. The second-order valence-corrected chi connectivity index (χ2v) is 6.99. The normalized spacial score (nSPS) is 10.6. The Morgan fingerprint density at radius 2 is 1.68 bits per heavy atom. The third-order valence-electron chi connectivity index (χ3n) is 4.68. The summed E-state index contributed by atoms with van der Waals surface area (Å²) >= 11 is 0. The minimum atomic E-state index is -1.58. The Morgan fingerprint density at radius 3 is 2.44 bits per heavy atom. The van der Waals surface area contributed by atoms with Crippen molar-refractivity contribution in [2.45, 2.75) is 6.54 Å². The summed E-state index contributed by atoms with van der Waals surface area (Å²) in [7, 11) is 0. The maximum atomic E-state index is 13.9. The highest BCUT2D eigenvalue weighted by molar-refractivity contribution is 5.94. The molecule has 1 aromatic heterocycles. The molecule has 0 unspecified atom stereocenters. The minimum absolute atomic E-state index is 0.0557. The molecule has 0 fully saturated rings. The van der Waals surface area contributed by atoms with Crippen LogP contribution in [-0.2, 0) is 6.54 Å². The molecular weight excluding hydrogens is 449 g/mol. The van der Waals surface area contributed by atoms with Gasteiger partial charge in [-0.05, 0) is 30.3 Å². The highest BCUT2D eigenvalue weighted by atomic mass is 19.2. The van der Waals surface area contributed by atoms with Crippen LogP contribution in [0.5, 0.6) is 11.5 Å². The van der Waals surface area contributed by atoms with Gasteiger partial charge in [-0.1, -0.05) is 36.4 Å². The number of aromatic nitrogens is 2. The highest BCUT2D eigenvalue weighted by Gasteiger charge is 2.17. The summed E-state index contributed by atoms with van der Waals surface area (Å²) in [5, 5.41) is 15.1. The molecule has 4 rings (SSSR count). The van der Waals surface area contributed by atoms with Gasteiger partial charge in [0, 0.05) is 18.3 Å². The van der Waals surface area contributed by atoms with Gasteiger partial charge in [0.15, 0.2) is 29.0 Å². The number of carbonyl (C=O) groups is 1. The van der Waals surface area contributed by atoms with Crippen molar-refractivity contribution in [3.05, 3.63) is 102 Å². The van der Waals surface area contributed by atoms with Gasteiger partial charge in [0.2, 0.25) is 5.95 Å². The van der Waals surface area contributed by atoms with Crippen molar-refractivity contribution in [1.29, 1.82) is 0 Å². The van der Waals surface area contributed by atoms with E-state index in [9.17, 15) is 23.1 Å². The van der Waals surface area contributed by atoms with E-state index in [-0.39, 0.29) is 29.4 Å². The van der Waals surface area contributed by atoms with Crippen molar-refractivity contribution in [1.82, 2.24) is 9.97 Å². The molecule has 0 saturated heterocycles. The molecule has 0 saturated carbocycles. The fourth-order valence-electron chi connectivity index (χ4n) is 3.00. The topological polar surface area (TPSA) is 96.4 Å². The molecule has 0 aliphatic heterocycles. The second-order valence-electron chi connectivity index (χ2n) is 6.99. The molecule has 4 aromatic rings. The van der Waals surface area contributed by atoms with Crippen LogP contribution < -0.4 is 15.4 Å². The highest BCUT2D eigenvalue weighted by Crippen LogP contribution is 2.32. The summed E-state index contributed by atoms with van der Waals surface area (Å²) in [6.07, 6.45) is 1.07. The lowest BCUT2D eigenvalue weighted by Gasteiger charge is -2.15. The Labute approximate surface area is 191 Å². The number of benzene rings is 3. The molecule has 10 heteroatoms. The van der Waals surface area contributed by atoms with Crippen LogP contribution in [0.25, 0.3) is 0 Å². The third-order valence-corrected chi connectivity index (χ3v) is 4.68. The van der Waals surface area contributed by atoms with Crippen molar-refractivity contribution in [2.75, 3.05) is 10.6 Å². The monoisotopic (exact) mass is 466 g/mol. The smallest absolute Gasteiger partial charge is 0.341 e. The number of nitrogens with zero attached hydrogens (tertiary/aromatic N) is 2. The first-order chi connectivity index (χ1) is 16.4. The first-order valence-corrected chi connectivity index (χ1v) is 9.98. The molecule has 0 spiro atoms. The summed E-state index contributed by atoms with van der Waals surface area (Å²) in [6.45, 7) is -0.261. The van der Waals surface area contributed by atoms with Crippen molar-refractivity contribution in [2.24, 2.45) is 0 Å². The van der Waals surface area contributed by atoms with E-state index in [1.165, 1.54) is 0 Å². The Hall–Kier alpha value is -4.60. The third kappa shape index (κ3) is 5.07. The van der Waals surface area contributed by atoms with E-state index in [1.807, 2.05) is 18.2 Å². The summed E-state index contributed by atoms with van der Waals surface area (Å²) in [4.78, 5) is 19.8. The fourth-order valence-corrected chi connectivity index (χ4v) is 3.00. The lowest BCUT2D eigenvalue weighted by Crippen LogP contribution is -2.11. The van der Waals surface area contributed by atoms with Gasteiger partial charge < -0.3 is 20.5 Å². The number of halogens is 3. The van der Waals surface area contributed by atoms with Gasteiger partial charge in [0.1, 0.15) is 11.3 Å². The van der Waals surface area contributed by atoms with Crippen LogP contribution in [0.1, 0.15) is 15.9 Å². The summed E-state index contributed by atoms with van der Waals surface area (Å²) in [5.74, 6) is -4.61. The molecule has 7 nitrogen and oxygen atoms in total. The first-order valence-electron chi connectivity index (χ1n) is 9.98. The van der Waals surface area contributed by atoms with E-state index in [1.54, 1.807) is 36.4 Å². The SMILES string of the molecule is O=C(O)c1cnc(NCc2ccc(F)c(F)c2F)nc1Nc1ccccc1Oc1ccccc1. The van der Waals surface area contributed by atoms with Crippen LogP contribution in [0.4, 0.5) is 30.6 Å². The quantitative estimate of drug-likeness (QED) is 0.285. The van der Waals surface area contributed by atoms with Gasteiger partial charge in [-0.2, -0.15) is 4.98 Å². The number of rotatable bonds is 8. The summed E-state index contributed by atoms with van der Waals surface area (Å²) in [5.41, 5.74) is 0.0603. The fraction of sp³-hybridized carbons (Fsp3) is 0.0417. The predicted octanol–water partition coefficient (Wildman–Crippen LogP) is 5.74. The standard InChI is InChI=1S/C24H17F3N4O3/c25-17-11-10-14(20(26)21(17)27)12-28-24-29-13-16(23(32)33)22(31-24)30-18-8-4-5-9-19(18)34-15-6-2-1-3-7-15/h1-11,13H,12H2,(H,32,33)(H2,28,29,30,31). The Morgan fingerprint density at radius 1 is 0.941 bits per heavy atom. The molecule has 0 aliphatic carbocycles. The molecule has 0 radical (unpaired) electrons. The minimum Gasteiger partial charge on any atom is -0.477 e. The van der Waals surface area contributed by atoms with Crippen LogP contribution in [0.15, 0.2) is 72.9 Å². The maximum Gasteiger partial charge on any atom is 0.341 e. The zero-order valence-electron chi connectivity index (χ0n) is 17.4. The number of aromatic carboxylic acids is 1. The lowest BCUT2D eigenvalue weighted by atomic mass is 10.2. The van der Waals surface area contributed by atoms with E-state index in [2.05, 4.69) is 20.6 Å². The molecule has 0 amide bonds. The zero-order chi connectivity index (χ0) is 24.1. The zero-order valence-corrected chi connectivity index (χ0v) is 17.4.